The fraction of sp³-hybridized carbons (Fsp3) is 0.417. The van der Waals surface area contributed by atoms with Crippen molar-refractivity contribution in [3.63, 3.8) is 0 Å². The van der Waals surface area contributed by atoms with E-state index in [-0.39, 0.29) is 11.5 Å². The average molecular weight is 298 g/mol. The molecule has 110 valence electrons. The molecule has 0 atom stereocenters. The molecule has 3 N–H and O–H groups in total. The third-order valence-electron chi connectivity index (χ3n) is 2.89. The summed E-state index contributed by atoms with van der Waals surface area (Å²) in [5.74, 6) is 0. The number of hydrogen-bond acceptors (Lipinski definition) is 4. The van der Waals surface area contributed by atoms with E-state index in [1.165, 1.54) is 12.3 Å². The van der Waals surface area contributed by atoms with Gasteiger partial charge in [0.05, 0.1) is 17.8 Å². The van der Waals surface area contributed by atoms with Crippen LogP contribution >= 0.6 is 0 Å². The molecule has 0 amide bonds. The number of H-pyrrole nitrogens is 1. The van der Waals surface area contributed by atoms with E-state index in [9.17, 15) is 8.42 Å². The molecule has 2 aromatic rings. The van der Waals surface area contributed by atoms with Crippen LogP contribution in [-0.2, 0) is 23.2 Å². The van der Waals surface area contributed by atoms with E-state index >= 15 is 0 Å². The van der Waals surface area contributed by atoms with Crippen LogP contribution in [0.3, 0.4) is 0 Å². The normalized spacial score (nSPS) is 11.8. The van der Waals surface area contributed by atoms with Crippen LogP contribution in [0.5, 0.6) is 0 Å². The topological polar surface area (TPSA) is 100 Å². The molecule has 0 unspecified atom stereocenters. The number of aromatic nitrogens is 3. The average Bonchev–Trinajstić information content (AvgIpc) is 3.09. The first-order valence-corrected chi connectivity index (χ1v) is 7.84. The molecule has 7 nitrogen and oxygen atoms in total. The highest BCUT2D eigenvalue weighted by molar-refractivity contribution is 7.89. The zero-order valence-electron chi connectivity index (χ0n) is 11.0. The van der Waals surface area contributed by atoms with Crippen molar-refractivity contribution in [2.45, 2.75) is 30.9 Å². The number of aryl methyl sites for hydroxylation is 1. The molecule has 2 aromatic heterocycles. The van der Waals surface area contributed by atoms with Gasteiger partial charge in [0.2, 0.25) is 10.0 Å². The quantitative estimate of drug-likeness (QED) is 0.616. The SMILES string of the molecule is O=S(=O)(NCCCCn1ccnc1)c1c[nH]c(CO)c1. The summed E-state index contributed by atoms with van der Waals surface area (Å²) >= 11 is 0. The van der Waals surface area contributed by atoms with Crippen LogP contribution in [0.2, 0.25) is 0 Å². The Balaban J connectivity index is 1.75. The molecule has 0 aliphatic rings. The summed E-state index contributed by atoms with van der Waals surface area (Å²) in [4.78, 5) is 6.79. The van der Waals surface area contributed by atoms with Gasteiger partial charge in [-0.15, -0.1) is 0 Å². The van der Waals surface area contributed by atoms with Crippen molar-refractivity contribution in [1.29, 1.82) is 0 Å². The first-order chi connectivity index (χ1) is 9.62. The first-order valence-electron chi connectivity index (χ1n) is 6.35. The fourth-order valence-electron chi connectivity index (χ4n) is 1.79. The molecule has 20 heavy (non-hydrogen) atoms. The summed E-state index contributed by atoms with van der Waals surface area (Å²) in [7, 11) is -3.50. The number of imidazole rings is 1. The molecule has 2 heterocycles. The number of aliphatic hydroxyl groups excluding tert-OH is 1. The summed E-state index contributed by atoms with van der Waals surface area (Å²) in [6, 6.07) is 1.42. The van der Waals surface area contributed by atoms with Crippen molar-refractivity contribution in [2.24, 2.45) is 0 Å². The number of aromatic amines is 1. The van der Waals surface area contributed by atoms with Gasteiger partial charge in [0, 0.05) is 37.4 Å². The minimum absolute atomic E-state index is 0.149. The molecule has 0 spiro atoms. The maximum atomic E-state index is 11.9. The lowest BCUT2D eigenvalue weighted by Gasteiger charge is -2.05. The highest BCUT2D eigenvalue weighted by Crippen LogP contribution is 2.10. The Morgan fingerprint density at radius 3 is 2.90 bits per heavy atom. The molecule has 0 saturated carbocycles. The Hall–Kier alpha value is -1.64. The number of unbranched alkanes of at least 4 members (excludes halogenated alkanes) is 1. The first kappa shape index (κ1) is 14.8. The molecule has 2 rings (SSSR count). The molecule has 8 heteroatoms. The van der Waals surface area contributed by atoms with Gasteiger partial charge < -0.3 is 14.7 Å². The standard InChI is InChI=1S/C12H18N4O3S/c17-9-11-7-12(8-14-11)20(18,19)15-3-1-2-5-16-6-4-13-10-16/h4,6-8,10,14-15,17H,1-3,5,9H2. The molecular formula is C12H18N4O3S. The largest absolute Gasteiger partial charge is 0.390 e. The van der Waals surface area contributed by atoms with E-state index in [1.807, 2.05) is 10.8 Å². The lowest BCUT2D eigenvalue weighted by Crippen LogP contribution is -2.24. The summed E-state index contributed by atoms with van der Waals surface area (Å²) in [6.07, 6.45) is 8.32. The minimum atomic E-state index is -3.50. The van der Waals surface area contributed by atoms with E-state index in [1.54, 1.807) is 12.5 Å². The Bertz CT molecular complexity index is 619. The van der Waals surface area contributed by atoms with E-state index in [2.05, 4.69) is 14.7 Å². The molecule has 0 fully saturated rings. The molecule has 0 saturated heterocycles. The third-order valence-corrected chi connectivity index (χ3v) is 4.33. The molecule has 0 radical (unpaired) electrons. The van der Waals surface area contributed by atoms with Crippen LogP contribution in [-0.4, -0.2) is 34.6 Å². The minimum Gasteiger partial charge on any atom is -0.390 e. The third kappa shape index (κ3) is 3.92. The van der Waals surface area contributed by atoms with Gasteiger partial charge in [-0.3, -0.25) is 0 Å². The highest BCUT2D eigenvalue weighted by Gasteiger charge is 2.14. The molecule has 0 aliphatic carbocycles. The number of aliphatic hydroxyl groups is 1. The Kier molecular flexibility index (Phi) is 4.94. The van der Waals surface area contributed by atoms with Gasteiger partial charge in [-0.25, -0.2) is 18.1 Å². The number of hydrogen-bond donors (Lipinski definition) is 3. The summed E-state index contributed by atoms with van der Waals surface area (Å²) in [6.45, 7) is 0.998. The smallest absolute Gasteiger partial charge is 0.242 e. The van der Waals surface area contributed by atoms with E-state index < -0.39 is 10.0 Å². The molecule has 0 aliphatic heterocycles. The number of nitrogens with one attached hydrogen (secondary N) is 2. The van der Waals surface area contributed by atoms with Crippen molar-refractivity contribution < 1.29 is 13.5 Å². The van der Waals surface area contributed by atoms with Crippen LogP contribution in [0.25, 0.3) is 0 Å². The van der Waals surface area contributed by atoms with Crippen molar-refractivity contribution in [1.82, 2.24) is 19.3 Å². The van der Waals surface area contributed by atoms with Crippen LogP contribution in [0.1, 0.15) is 18.5 Å². The van der Waals surface area contributed by atoms with Crippen LogP contribution in [0.15, 0.2) is 35.9 Å². The Labute approximate surface area is 117 Å². The van der Waals surface area contributed by atoms with Gasteiger partial charge in [0.15, 0.2) is 0 Å². The molecule has 0 aromatic carbocycles. The van der Waals surface area contributed by atoms with E-state index in [4.69, 9.17) is 5.11 Å². The number of nitrogens with zero attached hydrogens (tertiary/aromatic N) is 2. The van der Waals surface area contributed by atoms with Gasteiger partial charge in [-0.1, -0.05) is 0 Å². The van der Waals surface area contributed by atoms with Crippen LogP contribution in [0, 0.1) is 0 Å². The summed E-state index contributed by atoms with van der Waals surface area (Å²) in [5.41, 5.74) is 0.477. The van der Waals surface area contributed by atoms with Gasteiger partial charge in [0.25, 0.3) is 0 Å². The van der Waals surface area contributed by atoms with E-state index in [0.717, 1.165) is 19.4 Å². The van der Waals surface area contributed by atoms with E-state index in [0.29, 0.717) is 12.2 Å². The Morgan fingerprint density at radius 1 is 1.40 bits per heavy atom. The maximum Gasteiger partial charge on any atom is 0.242 e. The summed E-state index contributed by atoms with van der Waals surface area (Å²) < 4.78 is 28.3. The van der Waals surface area contributed by atoms with Gasteiger partial charge >= 0.3 is 0 Å². The lowest BCUT2D eigenvalue weighted by atomic mass is 10.3. The second kappa shape index (κ2) is 6.69. The van der Waals surface area contributed by atoms with Crippen molar-refractivity contribution in [3.8, 4) is 0 Å². The number of rotatable bonds is 8. The second-order valence-corrected chi connectivity index (χ2v) is 6.19. The predicted molar refractivity (Wildman–Crippen MR) is 73.4 cm³/mol. The van der Waals surface area contributed by atoms with Gasteiger partial charge in [-0.2, -0.15) is 0 Å². The zero-order chi connectivity index (χ0) is 14.4. The zero-order valence-corrected chi connectivity index (χ0v) is 11.8. The monoisotopic (exact) mass is 298 g/mol. The summed E-state index contributed by atoms with van der Waals surface area (Å²) in [5, 5.41) is 8.90. The molecular weight excluding hydrogens is 280 g/mol. The maximum absolute atomic E-state index is 11.9. The second-order valence-electron chi connectivity index (χ2n) is 4.42. The number of sulfonamides is 1. The van der Waals surface area contributed by atoms with Crippen molar-refractivity contribution in [2.75, 3.05) is 6.54 Å². The lowest BCUT2D eigenvalue weighted by molar-refractivity contribution is 0.277. The molecule has 0 bridgehead atoms. The Morgan fingerprint density at radius 2 is 2.25 bits per heavy atom. The van der Waals surface area contributed by atoms with Crippen LogP contribution < -0.4 is 4.72 Å². The highest BCUT2D eigenvalue weighted by atomic mass is 32.2. The van der Waals surface area contributed by atoms with Crippen LogP contribution in [0.4, 0.5) is 0 Å². The fourth-order valence-corrected chi connectivity index (χ4v) is 2.88. The van der Waals surface area contributed by atoms with Crippen molar-refractivity contribution in [3.05, 3.63) is 36.7 Å². The van der Waals surface area contributed by atoms with Gasteiger partial charge in [-0.05, 0) is 18.9 Å². The predicted octanol–water partition coefficient (Wildman–Crippen LogP) is 0.462. The van der Waals surface area contributed by atoms with Gasteiger partial charge in [0.1, 0.15) is 0 Å². The van der Waals surface area contributed by atoms with Crippen molar-refractivity contribution >= 4 is 10.0 Å².